The summed E-state index contributed by atoms with van der Waals surface area (Å²) in [5, 5.41) is 2.93. The van der Waals surface area contributed by atoms with Crippen molar-refractivity contribution in [2.24, 2.45) is 5.73 Å². The summed E-state index contributed by atoms with van der Waals surface area (Å²) in [6.07, 6.45) is 1.94. The highest BCUT2D eigenvalue weighted by Crippen LogP contribution is 2.24. The molecule has 3 nitrogen and oxygen atoms in total. The van der Waals surface area contributed by atoms with Crippen LogP contribution in [0.15, 0.2) is 12.1 Å². The molecule has 0 aliphatic carbocycles. The molecule has 104 valence electrons. The van der Waals surface area contributed by atoms with Crippen molar-refractivity contribution in [1.29, 1.82) is 0 Å². The Balaban J connectivity index is 2.16. The van der Waals surface area contributed by atoms with Gasteiger partial charge in [0.2, 0.25) is 0 Å². The third kappa shape index (κ3) is 3.01. The van der Waals surface area contributed by atoms with Gasteiger partial charge in [-0.3, -0.25) is 0 Å². The molecule has 0 radical (unpaired) electrons. The third-order valence-corrected chi connectivity index (χ3v) is 3.47. The Morgan fingerprint density at radius 1 is 1.47 bits per heavy atom. The summed E-state index contributed by atoms with van der Waals surface area (Å²) in [4.78, 5) is -0.157. The van der Waals surface area contributed by atoms with Gasteiger partial charge in [0.15, 0.2) is 11.6 Å². The van der Waals surface area contributed by atoms with E-state index in [1.807, 2.05) is 6.92 Å². The number of hydrogen-bond donors (Lipinski definition) is 2. The van der Waals surface area contributed by atoms with Crippen LogP contribution >= 0.6 is 12.2 Å². The predicted octanol–water partition coefficient (Wildman–Crippen LogP) is 2.58. The number of nitrogens with one attached hydrogen (secondary N) is 1. The summed E-state index contributed by atoms with van der Waals surface area (Å²) in [5.74, 6) is -1.98. The first-order valence-corrected chi connectivity index (χ1v) is 6.57. The molecule has 1 aromatic rings. The number of rotatable bonds is 4. The minimum Gasteiger partial charge on any atom is -0.389 e. The summed E-state index contributed by atoms with van der Waals surface area (Å²) in [5.41, 5.74) is 5.34. The van der Waals surface area contributed by atoms with Gasteiger partial charge in [-0.2, -0.15) is 0 Å². The zero-order valence-electron chi connectivity index (χ0n) is 10.6. The Morgan fingerprint density at radius 2 is 2.21 bits per heavy atom. The lowest BCUT2D eigenvalue weighted by Crippen LogP contribution is -2.30. The van der Waals surface area contributed by atoms with Crippen LogP contribution in [-0.2, 0) is 4.74 Å². The van der Waals surface area contributed by atoms with Crippen molar-refractivity contribution in [3.05, 3.63) is 29.3 Å². The maximum Gasteiger partial charge on any atom is 0.182 e. The zero-order chi connectivity index (χ0) is 14.0. The Bertz CT molecular complexity index is 490. The zero-order valence-corrected chi connectivity index (χ0v) is 11.4. The average Bonchev–Trinajstić information content (AvgIpc) is 2.88. The highest BCUT2D eigenvalue weighted by Gasteiger charge is 2.24. The van der Waals surface area contributed by atoms with Gasteiger partial charge in [-0.05, 0) is 31.9 Å². The number of benzene rings is 1. The summed E-state index contributed by atoms with van der Waals surface area (Å²) >= 11 is 4.66. The molecule has 1 aliphatic rings. The first-order chi connectivity index (χ1) is 9.00. The number of thiocarbonyl (C=S) groups is 1. The third-order valence-electron chi connectivity index (χ3n) is 3.25. The van der Waals surface area contributed by atoms with E-state index in [9.17, 15) is 8.78 Å². The Morgan fingerprint density at radius 3 is 2.79 bits per heavy atom. The second-order valence-corrected chi connectivity index (χ2v) is 5.08. The number of anilines is 1. The maximum atomic E-state index is 13.9. The highest BCUT2D eigenvalue weighted by atomic mass is 32.1. The summed E-state index contributed by atoms with van der Waals surface area (Å²) in [6.45, 7) is 2.60. The van der Waals surface area contributed by atoms with Crippen LogP contribution in [0.1, 0.15) is 25.3 Å². The van der Waals surface area contributed by atoms with Gasteiger partial charge < -0.3 is 15.8 Å². The van der Waals surface area contributed by atoms with Gasteiger partial charge in [-0.15, -0.1) is 0 Å². The van der Waals surface area contributed by atoms with E-state index < -0.39 is 11.6 Å². The van der Waals surface area contributed by atoms with Crippen LogP contribution in [-0.4, -0.2) is 23.7 Å². The van der Waals surface area contributed by atoms with Crippen molar-refractivity contribution in [3.8, 4) is 0 Å². The fraction of sp³-hybridized carbons (Fsp3) is 0.462. The molecule has 1 saturated heterocycles. The van der Waals surface area contributed by atoms with Crippen molar-refractivity contribution in [2.45, 2.75) is 31.9 Å². The van der Waals surface area contributed by atoms with Crippen LogP contribution in [0, 0.1) is 11.6 Å². The van der Waals surface area contributed by atoms with E-state index in [4.69, 9.17) is 10.5 Å². The van der Waals surface area contributed by atoms with Crippen molar-refractivity contribution in [1.82, 2.24) is 0 Å². The van der Waals surface area contributed by atoms with Gasteiger partial charge in [0.25, 0.3) is 0 Å². The molecule has 0 amide bonds. The monoisotopic (exact) mass is 286 g/mol. The molecule has 2 rings (SSSR count). The molecule has 2 unspecified atom stereocenters. The fourth-order valence-electron chi connectivity index (χ4n) is 2.19. The van der Waals surface area contributed by atoms with Crippen LogP contribution in [0.5, 0.6) is 0 Å². The van der Waals surface area contributed by atoms with Crippen molar-refractivity contribution < 1.29 is 13.5 Å². The Hall–Kier alpha value is -1.27. The Kier molecular flexibility index (Phi) is 4.31. The van der Waals surface area contributed by atoms with Crippen molar-refractivity contribution in [3.63, 3.8) is 0 Å². The maximum absolute atomic E-state index is 13.9. The average molecular weight is 286 g/mol. The van der Waals surface area contributed by atoms with Gasteiger partial charge in [0.1, 0.15) is 4.99 Å². The summed E-state index contributed by atoms with van der Waals surface area (Å²) in [7, 11) is 0. The van der Waals surface area contributed by atoms with E-state index in [0.717, 1.165) is 12.8 Å². The first-order valence-electron chi connectivity index (χ1n) is 6.16. The standard InChI is InChI=1S/C13H16F2N2OS/c1-7(10-3-2-6-18-10)17-9-5-4-8(13(16)19)11(14)12(9)15/h4-5,7,10,17H,2-3,6H2,1H3,(H2,16,19). The van der Waals surface area contributed by atoms with Crippen LogP contribution in [0.2, 0.25) is 0 Å². The fourth-order valence-corrected chi connectivity index (χ4v) is 2.34. The molecular weight excluding hydrogens is 270 g/mol. The lowest BCUT2D eigenvalue weighted by Gasteiger charge is -2.21. The van der Waals surface area contributed by atoms with Gasteiger partial charge in [0, 0.05) is 18.2 Å². The molecule has 0 spiro atoms. The number of nitrogens with two attached hydrogens (primary N) is 1. The highest BCUT2D eigenvalue weighted by molar-refractivity contribution is 7.80. The normalized spacial score (nSPS) is 20.3. The van der Waals surface area contributed by atoms with E-state index in [2.05, 4.69) is 17.5 Å². The number of hydrogen-bond acceptors (Lipinski definition) is 3. The second kappa shape index (κ2) is 5.79. The minimum atomic E-state index is -1.02. The summed E-state index contributed by atoms with van der Waals surface area (Å²) in [6, 6.07) is 2.73. The predicted molar refractivity (Wildman–Crippen MR) is 74.3 cm³/mol. The van der Waals surface area contributed by atoms with E-state index in [0.29, 0.717) is 6.61 Å². The van der Waals surface area contributed by atoms with E-state index in [-0.39, 0.29) is 28.4 Å². The lowest BCUT2D eigenvalue weighted by molar-refractivity contribution is 0.0995. The second-order valence-electron chi connectivity index (χ2n) is 4.64. The van der Waals surface area contributed by atoms with Crippen LogP contribution in [0.4, 0.5) is 14.5 Å². The molecule has 1 aliphatic heterocycles. The van der Waals surface area contributed by atoms with E-state index in [1.165, 1.54) is 12.1 Å². The number of ether oxygens (including phenoxy) is 1. The molecule has 0 bridgehead atoms. The van der Waals surface area contributed by atoms with Crippen LogP contribution in [0.3, 0.4) is 0 Å². The van der Waals surface area contributed by atoms with Crippen LogP contribution < -0.4 is 11.1 Å². The quantitative estimate of drug-likeness (QED) is 0.835. The Labute approximate surface area is 116 Å². The molecule has 1 aromatic carbocycles. The van der Waals surface area contributed by atoms with Gasteiger partial charge in [-0.1, -0.05) is 12.2 Å². The molecule has 19 heavy (non-hydrogen) atoms. The van der Waals surface area contributed by atoms with E-state index >= 15 is 0 Å². The molecular formula is C13H16F2N2OS. The van der Waals surface area contributed by atoms with Gasteiger partial charge in [0.05, 0.1) is 11.8 Å². The summed E-state index contributed by atoms with van der Waals surface area (Å²) < 4.78 is 33.1. The smallest absolute Gasteiger partial charge is 0.182 e. The topological polar surface area (TPSA) is 47.3 Å². The molecule has 1 heterocycles. The molecule has 6 heteroatoms. The minimum absolute atomic E-state index is 0.0257. The number of halogens is 2. The SMILES string of the molecule is CC(Nc1ccc(C(N)=S)c(F)c1F)C1CCCO1. The largest absolute Gasteiger partial charge is 0.389 e. The molecule has 1 fully saturated rings. The first kappa shape index (κ1) is 14.1. The van der Waals surface area contributed by atoms with Crippen molar-refractivity contribution >= 4 is 22.9 Å². The molecule has 0 saturated carbocycles. The van der Waals surface area contributed by atoms with Crippen molar-refractivity contribution in [2.75, 3.05) is 11.9 Å². The van der Waals surface area contributed by atoms with Gasteiger partial charge >= 0.3 is 0 Å². The van der Waals surface area contributed by atoms with Gasteiger partial charge in [-0.25, -0.2) is 8.78 Å². The van der Waals surface area contributed by atoms with E-state index in [1.54, 1.807) is 0 Å². The lowest BCUT2D eigenvalue weighted by atomic mass is 10.1. The molecule has 0 aromatic heterocycles. The molecule has 3 N–H and O–H groups in total. The van der Waals surface area contributed by atoms with Crippen LogP contribution in [0.25, 0.3) is 0 Å². The molecule has 2 atom stereocenters.